The molecule has 2 heterocycles. The molecule has 1 fully saturated rings. The molecule has 3 N–H and O–H groups in total. The first-order chi connectivity index (χ1) is 17.5. The van der Waals surface area contributed by atoms with Gasteiger partial charge in [-0.2, -0.15) is 9.61 Å². The number of nitrogens with zero attached hydrogens (tertiary/aromatic N) is 3. The van der Waals surface area contributed by atoms with Crippen molar-refractivity contribution < 1.29 is 9.59 Å². The number of fused-ring (bicyclic) bond motifs is 1. The third-order valence-corrected chi connectivity index (χ3v) is 6.93. The molecule has 36 heavy (non-hydrogen) atoms. The maximum absolute atomic E-state index is 12.6. The predicted octanol–water partition coefficient (Wildman–Crippen LogP) is 5.23. The van der Waals surface area contributed by atoms with E-state index in [1.807, 2.05) is 6.07 Å². The van der Waals surface area contributed by atoms with Gasteiger partial charge in [0.05, 0.1) is 16.4 Å². The minimum absolute atomic E-state index is 0.180. The summed E-state index contributed by atoms with van der Waals surface area (Å²) in [5.74, 6) is 0.996. The number of anilines is 2. The van der Waals surface area contributed by atoms with Crippen molar-refractivity contribution in [3.8, 4) is 11.3 Å². The number of carbonyl (C=O) groups is 2. The lowest BCUT2D eigenvalue weighted by atomic mass is 9.78. The number of carbonyl (C=O) groups excluding carboxylic acids is 2. The van der Waals surface area contributed by atoms with Crippen LogP contribution in [0.15, 0.2) is 65.3 Å². The summed E-state index contributed by atoms with van der Waals surface area (Å²) in [6, 6.07) is 17.4. The highest BCUT2D eigenvalue weighted by atomic mass is 79.9. The summed E-state index contributed by atoms with van der Waals surface area (Å²) in [5.41, 5.74) is 5.19. The van der Waals surface area contributed by atoms with Gasteiger partial charge in [-0.1, -0.05) is 36.8 Å². The second kappa shape index (κ2) is 10.5. The first-order valence-electron chi connectivity index (χ1n) is 12.0. The highest BCUT2D eigenvalue weighted by Gasteiger charge is 2.23. The molecule has 1 saturated carbocycles. The SMILES string of the molecule is CC(=O)Nc1cccc(C(=O)NCCNc2cc(-c3ccccc3C3CCC3)nc3c(Br)cnn23)c1. The molecule has 2 amide bonds. The predicted molar refractivity (Wildman–Crippen MR) is 144 cm³/mol. The molecule has 5 rings (SSSR count). The van der Waals surface area contributed by atoms with Crippen LogP contribution < -0.4 is 16.0 Å². The number of amides is 2. The van der Waals surface area contributed by atoms with E-state index in [1.165, 1.54) is 31.7 Å². The van der Waals surface area contributed by atoms with E-state index in [9.17, 15) is 9.59 Å². The third-order valence-electron chi connectivity index (χ3n) is 6.37. The van der Waals surface area contributed by atoms with E-state index in [4.69, 9.17) is 4.98 Å². The zero-order valence-corrected chi connectivity index (χ0v) is 21.5. The van der Waals surface area contributed by atoms with Crippen LogP contribution in [0.25, 0.3) is 16.9 Å². The molecule has 0 atom stereocenters. The lowest BCUT2D eigenvalue weighted by Gasteiger charge is -2.28. The van der Waals surface area contributed by atoms with Crippen molar-refractivity contribution in [2.24, 2.45) is 0 Å². The van der Waals surface area contributed by atoms with E-state index in [0.717, 1.165) is 27.2 Å². The standard InChI is InChI=1S/C27H27BrN6O2/c1-17(35)32-20-9-5-8-19(14-20)27(36)30-13-12-29-25-15-24(33-26-23(28)16-31-34(25)26)22-11-3-2-10-21(22)18-6-4-7-18/h2-3,5,8-11,14-16,18,29H,4,6-7,12-13H2,1H3,(H,30,36)(H,32,35). The number of rotatable bonds is 8. The second-order valence-corrected chi connectivity index (χ2v) is 9.77. The average Bonchev–Trinajstić information content (AvgIpc) is 3.21. The van der Waals surface area contributed by atoms with Crippen molar-refractivity contribution in [1.82, 2.24) is 19.9 Å². The van der Waals surface area contributed by atoms with Crippen LogP contribution in [0.2, 0.25) is 0 Å². The van der Waals surface area contributed by atoms with Gasteiger partial charge in [0.15, 0.2) is 5.65 Å². The van der Waals surface area contributed by atoms with Crippen LogP contribution in [0.3, 0.4) is 0 Å². The van der Waals surface area contributed by atoms with Crippen LogP contribution in [-0.4, -0.2) is 39.5 Å². The van der Waals surface area contributed by atoms with E-state index >= 15 is 0 Å². The molecule has 0 aliphatic heterocycles. The van der Waals surface area contributed by atoms with Crippen molar-refractivity contribution in [3.05, 3.63) is 76.4 Å². The summed E-state index contributed by atoms with van der Waals surface area (Å²) < 4.78 is 2.58. The van der Waals surface area contributed by atoms with Gasteiger partial charge in [-0.3, -0.25) is 9.59 Å². The van der Waals surface area contributed by atoms with Gasteiger partial charge in [0, 0.05) is 42.9 Å². The Labute approximate surface area is 217 Å². The molecule has 184 valence electrons. The van der Waals surface area contributed by atoms with Gasteiger partial charge in [-0.05, 0) is 58.5 Å². The molecule has 1 aliphatic rings. The fraction of sp³-hybridized carbons (Fsp3) is 0.259. The molecular weight excluding hydrogens is 520 g/mol. The Morgan fingerprint density at radius 2 is 1.92 bits per heavy atom. The molecule has 1 aliphatic carbocycles. The lowest BCUT2D eigenvalue weighted by Crippen LogP contribution is -2.29. The topological polar surface area (TPSA) is 100 Å². The van der Waals surface area contributed by atoms with Crippen molar-refractivity contribution in [3.63, 3.8) is 0 Å². The minimum Gasteiger partial charge on any atom is -0.368 e. The van der Waals surface area contributed by atoms with Gasteiger partial charge in [0.25, 0.3) is 5.91 Å². The van der Waals surface area contributed by atoms with Crippen LogP contribution in [-0.2, 0) is 4.79 Å². The Morgan fingerprint density at radius 1 is 1.08 bits per heavy atom. The Balaban J connectivity index is 1.31. The van der Waals surface area contributed by atoms with E-state index in [1.54, 1.807) is 35.0 Å². The van der Waals surface area contributed by atoms with Gasteiger partial charge < -0.3 is 16.0 Å². The normalized spacial score (nSPS) is 13.3. The molecule has 0 bridgehead atoms. The maximum atomic E-state index is 12.6. The molecule has 2 aromatic heterocycles. The van der Waals surface area contributed by atoms with Crippen LogP contribution in [0.1, 0.15) is 48.0 Å². The summed E-state index contributed by atoms with van der Waals surface area (Å²) in [6.45, 7) is 2.34. The summed E-state index contributed by atoms with van der Waals surface area (Å²) in [4.78, 5) is 28.8. The number of hydrogen-bond donors (Lipinski definition) is 3. The summed E-state index contributed by atoms with van der Waals surface area (Å²) in [5, 5.41) is 13.5. The van der Waals surface area contributed by atoms with Crippen molar-refractivity contribution in [1.29, 1.82) is 0 Å². The van der Waals surface area contributed by atoms with Crippen molar-refractivity contribution >= 4 is 44.9 Å². The smallest absolute Gasteiger partial charge is 0.251 e. The van der Waals surface area contributed by atoms with Crippen LogP contribution in [0.5, 0.6) is 0 Å². The van der Waals surface area contributed by atoms with Crippen molar-refractivity contribution in [2.45, 2.75) is 32.1 Å². The first-order valence-corrected chi connectivity index (χ1v) is 12.8. The number of nitrogens with one attached hydrogen (secondary N) is 3. The Kier molecular flexibility index (Phi) is 6.99. The third kappa shape index (κ3) is 5.11. The number of halogens is 1. The first kappa shape index (κ1) is 24.0. The number of benzene rings is 2. The van der Waals surface area contributed by atoms with Gasteiger partial charge >= 0.3 is 0 Å². The van der Waals surface area contributed by atoms with Crippen LogP contribution >= 0.6 is 15.9 Å². The molecule has 8 nitrogen and oxygen atoms in total. The monoisotopic (exact) mass is 546 g/mol. The van der Waals surface area contributed by atoms with E-state index in [2.05, 4.69) is 61.2 Å². The molecule has 0 unspecified atom stereocenters. The fourth-order valence-corrected chi connectivity index (χ4v) is 4.76. The summed E-state index contributed by atoms with van der Waals surface area (Å²) >= 11 is 3.57. The lowest BCUT2D eigenvalue weighted by molar-refractivity contribution is -0.114. The molecule has 2 aromatic carbocycles. The Morgan fingerprint density at radius 3 is 2.69 bits per heavy atom. The highest BCUT2D eigenvalue weighted by Crippen LogP contribution is 2.41. The van der Waals surface area contributed by atoms with Gasteiger partial charge in [0.1, 0.15) is 5.82 Å². The molecule has 4 aromatic rings. The molecule has 0 saturated heterocycles. The Hall–Kier alpha value is -3.72. The largest absolute Gasteiger partial charge is 0.368 e. The van der Waals surface area contributed by atoms with Gasteiger partial charge in [0.2, 0.25) is 5.91 Å². The van der Waals surface area contributed by atoms with Crippen LogP contribution in [0.4, 0.5) is 11.5 Å². The van der Waals surface area contributed by atoms with E-state index in [0.29, 0.717) is 30.3 Å². The summed E-state index contributed by atoms with van der Waals surface area (Å²) in [7, 11) is 0. The Bertz CT molecular complexity index is 1430. The molecule has 0 spiro atoms. The molecule has 0 radical (unpaired) electrons. The molecule has 9 heteroatoms. The van der Waals surface area contributed by atoms with Crippen molar-refractivity contribution in [2.75, 3.05) is 23.7 Å². The minimum atomic E-state index is -0.208. The zero-order valence-electron chi connectivity index (χ0n) is 19.9. The summed E-state index contributed by atoms with van der Waals surface area (Å²) in [6.07, 6.45) is 5.44. The zero-order chi connectivity index (χ0) is 25.1. The fourth-order valence-electron chi connectivity index (χ4n) is 4.42. The molecular formula is C27H27BrN6O2. The van der Waals surface area contributed by atoms with Crippen LogP contribution in [0, 0.1) is 0 Å². The number of hydrogen-bond acceptors (Lipinski definition) is 5. The van der Waals surface area contributed by atoms with Gasteiger partial charge in [-0.15, -0.1) is 0 Å². The van der Waals surface area contributed by atoms with E-state index in [-0.39, 0.29) is 11.8 Å². The number of aromatic nitrogens is 3. The van der Waals surface area contributed by atoms with E-state index < -0.39 is 0 Å². The average molecular weight is 547 g/mol. The highest BCUT2D eigenvalue weighted by molar-refractivity contribution is 9.10. The second-order valence-electron chi connectivity index (χ2n) is 8.91. The van der Waals surface area contributed by atoms with Gasteiger partial charge in [-0.25, -0.2) is 4.98 Å². The maximum Gasteiger partial charge on any atom is 0.251 e. The quantitative estimate of drug-likeness (QED) is 0.263.